The number of hydrogen-bond acceptors (Lipinski definition) is 5. The summed E-state index contributed by atoms with van der Waals surface area (Å²) in [5.74, 6) is -3.60. The van der Waals surface area contributed by atoms with Gasteiger partial charge in [0.25, 0.3) is 12.3 Å². The molecule has 2 fully saturated rings. The van der Waals surface area contributed by atoms with E-state index in [9.17, 15) is 23.2 Å². The summed E-state index contributed by atoms with van der Waals surface area (Å²) >= 11 is 0. The molecule has 1 aromatic rings. The van der Waals surface area contributed by atoms with Gasteiger partial charge in [-0.25, -0.2) is 23.0 Å². The van der Waals surface area contributed by atoms with Crippen molar-refractivity contribution >= 4 is 41.0 Å². The molecule has 0 aromatic heterocycles. The van der Waals surface area contributed by atoms with Crippen LogP contribution in [0.3, 0.4) is 0 Å². The number of anilines is 2. The summed E-state index contributed by atoms with van der Waals surface area (Å²) < 4.78 is 43.2. The van der Waals surface area contributed by atoms with Crippen molar-refractivity contribution in [1.29, 1.82) is 0 Å². The third kappa shape index (κ3) is 5.88. The lowest BCUT2D eigenvalue weighted by Gasteiger charge is -2.44. The molecule has 12 heteroatoms. The van der Waals surface area contributed by atoms with Crippen molar-refractivity contribution in [2.24, 2.45) is 10.9 Å². The number of halogens is 3. The Bertz CT molecular complexity index is 1310. The molecule has 4 aliphatic heterocycles. The highest BCUT2D eigenvalue weighted by Crippen LogP contribution is 2.36. The molecule has 4 amide bonds. The minimum absolute atomic E-state index is 0.0860. The van der Waals surface area contributed by atoms with E-state index in [1.54, 1.807) is 15.9 Å². The van der Waals surface area contributed by atoms with Crippen molar-refractivity contribution in [3.05, 3.63) is 41.2 Å². The summed E-state index contributed by atoms with van der Waals surface area (Å²) in [6.45, 7) is 7.20. The van der Waals surface area contributed by atoms with Crippen molar-refractivity contribution in [1.82, 2.24) is 14.7 Å². The Balaban J connectivity index is 1.46. The number of likely N-dealkylation sites (N-methyl/N-ethyl adjacent to an activating group) is 1. The molecule has 0 spiro atoms. The molecule has 3 atom stereocenters. The number of hydrogen-bond donors (Lipinski definition) is 1. The Morgan fingerprint density at radius 3 is 2.41 bits per heavy atom. The van der Waals surface area contributed by atoms with Gasteiger partial charge in [0.2, 0.25) is 5.91 Å². The summed E-state index contributed by atoms with van der Waals surface area (Å²) in [6.07, 6.45) is 2.31. The van der Waals surface area contributed by atoms with E-state index in [0.29, 0.717) is 50.1 Å². The van der Waals surface area contributed by atoms with Crippen molar-refractivity contribution in [2.75, 3.05) is 56.5 Å². The summed E-state index contributed by atoms with van der Waals surface area (Å²) in [5.41, 5.74) is 0.895. The van der Waals surface area contributed by atoms with Crippen LogP contribution in [0.4, 0.5) is 29.3 Å². The highest BCUT2D eigenvalue weighted by molar-refractivity contribution is 6.11. The number of dihydropyridines is 1. The molecular weight excluding hydrogens is 537 g/mol. The zero-order valence-corrected chi connectivity index (χ0v) is 23.4. The summed E-state index contributed by atoms with van der Waals surface area (Å²) in [7, 11) is 2.02. The number of benzene rings is 1. The SMILES string of the molecule is C[C@@H]1CN(c2cc(F)c(C3=CCN(C(=O)N4CCCC4)C3)cc2NC(=O)C2C=NC(=O)C=C2C(F)F)C[C@H](C)N1C. The van der Waals surface area contributed by atoms with Crippen LogP contribution in [0, 0.1) is 11.7 Å². The Morgan fingerprint density at radius 2 is 1.76 bits per heavy atom. The van der Waals surface area contributed by atoms with Gasteiger partial charge in [-0.3, -0.25) is 14.5 Å². The van der Waals surface area contributed by atoms with Crippen molar-refractivity contribution in [3.63, 3.8) is 0 Å². The first-order valence-electron chi connectivity index (χ1n) is 14.0. The monoisotopic (exact) mass is 572 g/mol. The maximum absolute atomic E-state index is 15.8. The molecule has 1 aromatic carbocycles. The summed E-state index contributed by atoms with van der Waals surface area (Å²) in [6, 6.07) is 3.07. The van der Waals surface area contributed by atoms with Crippen LogP contribution in [-0.2, 0) is 9.59 Å². The maximum Gasteiger partial charge on any atom is 0.320 e. The highest BCUT2D eigenvalue weighted by atomic mass is 19.3. The fourth-order valence-electron chi connectivity index (χ4n) is 5.91. The first kappa shape index (κ1) is 28.8. The van der Waals surface area contributed by atoms with Crippen LogP contribution in [0.15, 0.2) is 34.9 Å². The zero-order chi connectivity index (χ0) is 29.4. The van der Waals surface area contributed by atoms with E-state index in [1.165, 1.54) is 12.1 Å². The van der Waals surface area contributed by atoms with Gasteiger partial charge in [-0.15, -0.1) is 0 Å². The Labute approximate surface area is 237 Å². The second-order valence-corrected chi connectivity index (χ2v) is 11.2. The minimum Gasteiger partial charge on any atom is -0.367 e. The normalized spacial score (nSPS) is 25.2. The smallest absolute Gasteiger partial charge is 0.320 e. The van der Waals surface area contributed by atoms with Crippen LogP contribution >= 0.6 is 0 Å². The van der Waals surface area contributed by atoms with Crippen LogP contribution in [0.25, 0.3) is 5.57 Å². The first-order chi connectivity index (χ1) is 19.5. The molecule has 9 nitrogen and oxygen atoms in total. The quantitative estimate of drug-likeness (QED) is 0.583. The number of carbonyl (C=O) groups excluding carboxylic acids is 3. The molecule has 1 unspecified atom stereocenters. The second kappa shape index (κ2) is 11.7. The van der Waals surface area contributed by atoms with Gasteiger partial charge in [0.05, 0.1) is 11.4 Å². The topological polar surface area (TPSA) is 88.6 Å². The van der Waals surface area contributed by atoms with E-state index in [4.69, 9.17) is 0 Å². The van der Waals surface area contributed by atoms with Gasteiger partial charge in [0, 0.05) is 74.8 Å². The van der Waals surface area contributed by atoms with Crippen LogP contribution in [0.1, 0.15) is 32.3 Å². The molecule has 41 heavy (non-hydrogen) atoms. The van der Waals surface area contributed by atoms with E-state index in [0.717, 1.165) is 19.1 Å². The van der Waals surface area contributed by atoms with Gasteiger partial charge >= 0.3 is 6.03 Å². The highest BCUT2D eigenvalue weighted by Gasteiger charge is 2.34. The molecule has 2 saturated heterocycles. The maximum atomic E-state index is 15.8. The number of likely N-dealkylation sites (tertiary alicyclic amines) is 1. The number of alkyl halides is 2. The van der Waals surface area contributed by atoms with Crippen LogP contribution in [-0.4, -0.2) is 104 Å². The number of amides is 4. The average molecular weight is 573 g/mol. The van der Waals surface area contributed by atoms with Gasteiger partial charge in [-0.1, -0.05) is 6.08 Å². The van der Waals surface area contributed by atoms with Gasteiger partial charge in [0.15, 0.2) is 0 Å². The number of aliphatic imine (C=N–C) groups is 1. The lowest BCUT2D eigenvalue weighted by Crippen LogP contribution is -2.55. The van der Waals surface area contributed by atoms with Crippen molar-refractivity contribution < 1.29 is 27.6 Å². The van der Waals surface area contributed by atoms with Gasteiger partial charge in [-0.05, 0) is 51.4 Å². The molecule has 0 aliphatic carbocycles. The molecule has 0 bridgehead atoms. The number of piperazine rings is 1. The van der Waals surface area contributed by atoms with Crippen molar-refractivity contribution in [3.8, 4) is 0 Å². The predicted molar refractivity (Wildman–Crippen MR) is 151 cm³/mol. The number of rotatable bonds is 5. The first-order valence-corrected chi connectivity index (χ1v) is 14.0. The van der Waals surface area contributed by atoms with Crippen LogP contribution < -0.4 is 10.2 Å². The molecule has 1 N–H and O–H groups in total. The number of urea groups is 1. The van der Waals surface area contributed by atoms with Gasteiger partial charge in [0.1, 0.15) is 11.7 Å². The summed E-state index contributed by atoms with van der Waals surface area (Å²) in [5, 5.41) is 2.73. The van der Waals surface area contributed by atoms with E-state index in [-0.39, 0.29) is 35.9 Å². The minimum atomic E-state index is -3.02. The Morgan fingerprint density at radius 1 is 1.07 bits per heavy atom. The third-order valence-electron chi connectivity index (χ3n) is 8.49. The van der Waals surface area contributed by atoms with Crippen molar-refractivity contribution in [2.45, 2.75) is 45.2 Å². The molecule has 4 heterocycles. The Hall–Kier alpha value is -3.67. The molecule has 4 aliphatic rings. The fraction of sp³-hybridized carbons (Fsp3) is 0.517. The summed E-state index contributed by atoms with van der Waals surface area (Å²) in [4.78, 5) is 49.0. The molecule has 220 valence electrons. The van der Waals surface area contributed by atoms with Gasteiger partial charge < -0.3 is 20.0 Å². The largest absolute Gasteiger partial charge is 0.367 e. The van der Waals surface area contributed by atoms with E-state index >= 15 is 4.39 Å². The molecular formula is C29H35F3N6O3. The van der Waals surface area contributed by atoms with E-state index in [1.807, 2.05) is 11.9 Å². The van der Waals surface area contributed by atoms with E-state index < -0.39 is 35.5 Å². The van der Waals surface area contributed by atoms with Crippen LogP contribution in [0.5, 0.6) is 0 Å². The third-order valence-corrected chi connectivity index (χ3v) is 8.49. The Kier molecular flexibility index (Phi) is 8.21. The molecule has 0 saturated carbocycles. The number of carbonyl (C=O) groups is 3. The lowest BCUT2D eigenvalue weighted by molar-refractivity contribution is -0.117. The predicted octanol–water partition coefficient (Wildman–Crippen LogP) is 3.63. The van der Waals surface area contributed by atoms with Crippen LogP contribution in [0.2, 0.25) is 0 Å². The number of nitrogens with one attached hydrogen (secondary N) is 1. The van der Waals surface area contributed by atoms with Gasteiger partial charge in [-0.2, -0.15) is 0 Å². The second-order valence-electron chi connectivity index (χ2n) is 11.2. The lowest BCUT2D eigenvalue weighted by atomic mass is 9.96. The molecule has 0 radical (unpaired) electrons. The van der Waals surface area contributed by atoms with E-state index in [2.05, 4.69) is 29.1 Å². The molecule has 5 rings (SSSR count). The zero-order valence-electron chi connectivity index (χ0n) is 23.4. The fourth-order valence-corrected chi connectivity index (χ4v) is 5.91. The number of nitrogens with zero attached hydrogens (tertiary/aromatic N) is 5. The standard InChI is InChI=1S/C29H35F3N6O3/c1-17-14-38(15-18(2)35(17)3)25-12-23(30)20(19-6-9-37(16-19)29(41)36-7-4-5-8-36)10-24(25)34-28(40)22-13-33-26(39)11-21(22)27(31)32/h6,10-13,17-18,22,27H,4-5,7-9,14-16H2,1-3H3,(H,34,40)/t17-,18+,22?. The average Bonchev–Trinajstić information content (AvgIpc) is 3.65.